The maximum atomic E-state index is 11.9. The Morgan fingerprint density at radius 1 is 1.47 bits per heavy atom. The number of aliphatic hydroxyl groups excluding tert-OH is 1. The molecule has 0 aliphatic carbocycles. The monoisotopic (exact) mass is 301 g/mol. The van der Waals surface area contributed by atoms with Crippen LogP contribution in [0.2, 0.25) is 0 Å². The molecule has 0 bridgehead atoms. The van der Waals surface area contributed by atoms with E-state index in [-0.39, 0.29) is 11.8 Å². The van der Waals surface area contributed by atoms with Crippen LogP contribution >= 0.6 is 15.9 Å². The Kier molecular flexibility index (Phi) is 4.96. The van der Waals surface area contributed by atoms with E-state index in [1.807, 2.05) is 13.8 Å². The SMILES string of the molecule is COc1ccc(Br)c(C(=O)NC(O)C(C)C)c1. The molecule has 0 heterocycles. The van der Waals surface area contributed by atoms with Gasteiger partial charge in [-0.1, -0.05) is 13.8 Å². The average Bonchev–Trinajstić information content (AvgIpc) is 2.29. The van der Waals surface area contributed by atoms with Gasteiger partial charge in [-0.25, -0.2) is 0 Å². The van der Waals surface area contributed by atoms with Crippen molar-refractivity contribution >= 4 is 21.8 Å². The zero-order chi connectivity index (χ0) is 13.0. The van der Waals surface area contributed by atoms with Crippen molar-refractivity contribution in [1.82, 2.24) is 5.32 Å². The summed E-state index contributed by atoms with van der Waals surface area (Å²) < 4.78 is 5.71. The first-order valence-electron chi connectivity index (χ1n) is 5.28. The number of carbonyl (C=O) groups excluding carboxylic acids is 1. The van der Waals surface area contributed by atoms with Crippen LogP contribution in [0, 0.1) is 5.92 Å². The molecule has 17 heavy (non-hydrogen) atoms. The van der Waals surface area contributed by atoms with Crippen molar-refractivity contribution in [2.24, 2.45) is 5.92 Å². The largest absolute Gasteiger partial charge is 0.497 e. The van der Waals surface area contributed by atoms with Gasteiger partial charge in [-0.15, -0.1) is 0 Å². The molecule has 0 spiro atoms. The molecule has 1 unspecified atom stereocenters. The van der Waals surface area contributed by atoms with E-state index in [9.17, 15) is 9.90 Å². The predicted molar refractivity (Wildman–Crippen MR) is 69.0 cm³/mol. The first kappa shape index (κ1) is 14.0. The fourth-order valence-corrected chi connectivity index (χ4v) is 1.61. The second kappa shape index (κ2) is 6.02. The first-order chi connectivity index (χ1) is 7.95. The summed E-state index contributed by atoms with van der Waals surface area (Å²) in [6.45, 7) is 3.65. The lowest BCUT2D eigenvalue weighted by atomic mass is 10.1. The van der Waals surface area contributed by atoms with Crippen molar-refractivity contribution in [3.8, 4) is 5.75 Å². The van der Waals surface area contributed by atoms with E-state index in [1.165, 1.54) is 7.11 Å². The highest BCUT2D eigenvalue weighted by Crippen LogP contribution is 2.22. The Labute approximate surface area is 109 Å². The third kappa shape index (κ3) is 3.71. The molecule has 1 aromatic carbocycles. The van der Waals surface area contributed by atoms with Gasteiger partial charge in [-0.2, -0.15) is 0 Å². The topological polar surface area (TPSA) is 58.6 Å². The van der Waals surface area contributed by atoms with Gasteiger partial charge in [0.15, 0.2) is 0 Å². The molecule has 0 saturated heterocycles. The number of hydrogen-bond acceptors (Lipinski definition) is 3. The fraction of sp³-hybridized carbons (Fsp3) is 0.417. The smallest absolute Gasteiger partial charge is 0.254 e. The van der Waals surface area contributed by atoms with Gasteiger partial charge in [-0.05, 0) is 40.0 Å². The van der Waals surface area contributed by atoms with E-state index in [2.05, 4.69) is 21.2 Å². The molecule has 94 valence electrons. The van der Waals surface area contributed by atoms with Gasteiger partial charge in [0.05, 0.1) is 12.7 Å². The Hall–Kier alpha value is -1.07. The molecule has 0 fully saturated rings. The summed E-state index contributed by atoms with van der Waals surface area (Å²) in [7, 11) is 1.54. The van der Waals surface area contributed by atoms with Crippen LogP contribution in [0.1, 0.15) is 24.2 Å². The highest BCUT2D eigenvalue weighted by Gasteiger charge is 2.16. The van der Waals surface area contributed by atoms with Crippen molar-refractivity contribution in [3.63, 3.8) is 0 Å². The molecule has 0 aliphatic rings. The zero-order valence-corrected chi connectivity index (χ0v) is 11.6. The summed E-state index contributed by atoms with van der Waals surface area (Å²) in [5, 5.41) is 12.1. The predicted octanol–water partition coefficient (Wildman–Crippen LogP) is 2.16. The average molecular weight is 302 g/mol. The Morgan fingerprint density at radius 3 is 2.65 bits per heavy atom. The number of carbonyl (C=O) groups is 1. The highest BCUT2D eigenvalue weighted by molar-refractivity contribution is 9.10. The van der Waals surface area contributed by atoms with Gasteiger partial charge in [0.25, 0.3) is 5.91 Å². The minimum Gasteiger partial charge on any atom is -0.497 e. The molecule has 0 aromatic heterocycles. The molecule has 1 atom stereocenters. The van der Waals surface area contributed by atoms with Crippen molar-refractivity contribution in [2.75, 3.05) is 7.11 Å². The van der Waals surface area contributed by atoms with E-state index in [0.717, 1.165) is 0 Å². The number of methoxy groups -OCH3 is 1. The summed E-state index contributed by atoms with van der Waals surface area (Å²) in [4.78, 5) is 11.9. The summed E-state index contributed by atoms with van der Waals surface area (Å²) in [5.41, 5.74) is 0.434. The summed E-state index contributed by atoms with van der Waals surface area (Å²) in [5.74, 6) is 0.220. The van der Waals surface area contributed by atoms with Crippen LogP contribution in [0.25, 0.3) is 0 Å². The lowest BCUT2D eigenvalue weighted by Gasteiger charge is -2.16. The van der Waals surface area contributed by atoms with Crippen LogP contribution in [0.3, 0.4) is 0 Å². The molecule has 5 heteroatoms. The van der Waals surface area contributed by atoms with Gasteiger partial charge in [-0.3, -0.25) is 4.79 Å². The maximum absolute atomic E-state index is 11.9. The molecule has 1 rings (SSSR count). The molecule has 1 amide bonds. The lowest BCUT2D eigenvalue weighted by Crippen LogP contribution is -2.38. The quantitative estimate of drug-likeness (QED) is 0.838. The number of rotatable bonds is 4. The fourth-order valence-electron chi connectivity index (χ4n) is 1.18. The van der Waals surface area contributed by atoms with Crippen molar-refractivity contribution in [2.45, 2.75) is 20.1 Å². The van der Waals surface area contributed by atoms with Gasteiger partial charge < -0.3 is 15.2 Å². The Bertz CT molecular complexity index is 407. The van der Waals surface area contributed by atoms with E-state index < -0.39 is 6.23 Å². The summed E-state index contributed by atoms with van der Waals surface area (Å²) in [6.07, 6.45) is -0.861. The number of amides is 1. The third-order valence-electron chi connectivity index (χ3n) is 2.33. The second-order valence-corrected chi connectivity index (χ2v) is 4.86. The van der Waals surface area contributed by atoms with E-state index >= 15 is 0 Å². The number of benzene rings is 1. The number of nitrogens with one attached hydrogen (secondary N) is 1. The maximum Gasteiger partial charge on any atom is 0.254 e. The van der Waals surface area contributed by atoms with Gasteiger partial charge >= 0.3 is 0 Å². The van der Waals surface area contributed by atoms with Crippen LogP contribution < -0.4 is 10.1 Å². The van der Waals surface area contributed by atoms with Crippen LogP contribution in [-0.4, -0.2) is 24.4 Å². The zero-order valence-electron chi connectivity index (χ0n) is 10.0. The van der Waals surface area contributed by atoms with Crippen LogP contribution in [0.4, 0.5) is 0 Å². The molecule has 2 N–H and O–H groups in total. The molecule has 0 saturated carbocycles. The van der Waals surface area contributed by atoms with Crippen LogP contribution in [0.15, 0.2) is 22.7 Å². The Morgan fingerprint density at radius 2 is 2.12 bits per heavy atom. The molecule has 0 aliphatic heterocycles. The van der Waals surface area contributed by atoms with Crippen LogP contribution in [0.5, 0.6) is 5.75 Å². The summed E-state index contributed by atoms with van der Waals surface area (Å²) in [6, 6.07) is 5.10. The van der Waals surface area contributed by atoms with E-state index in [1.54, 1.807) is 18.2 Å². The minimum atomic E-state index is -0.861. The van der Waals surface area contributed by atoms with Gasteiger partial charge in [0.2, 0.25) is 0 Å². The minimum absolute atomic E-state index is 0.0386. The number of ether oxygens (including phenoxy) is 1. The van der Waals surface area contributed by atoms with Crippen molar-refractivity contribution in [3.05, 3.63) is 28.2 Å². The molecular formula is C12H16BrNO3. The normalized spacial score (nSPS) is 12.4. The number of hydrogen-bond donors (Lipinski definition) is 2. The molecule has 1 aromatic rings. The summed E-state index contributed by atoms with van der Waals surface area (Å²) >= 11 is 3.29. The first-order valence-corrected chi connectivity index (χ1v) is 6.07. The number of halogens is 1. The highest BCUT2D eigenvalue weighted by atomic mass is 79.9. The third-order valence-corrected chi connectivity index (χ3v) is 3.02. The molecule has 4 nitrogen and oxygen atoms in total. The molecule has 0 radical (unpaired) electrons. The van der Waals surface area contributed by atoms with Crippen molar-refractivity contribution < 1.29 is 14.6 Å². The Balaban J connectivity index is 2.88. The standard InChI is InChI=1S/C12H16BrNO3/c1-7(2)11(15)14-12(16)9-6-8(17-3)4-5-10(9)13/h4-7,11,15H,1-3H3,(H,14,16). The second-order valence-electron chi connectivity index (χ2n) is 4.01. The van der Waals surface area contributed by atoms with Crippen molar-refractivity contribution in [1.29, 1.82) is 0 Å². The van der Waals surface area contributed by atoms with Gasteiger partial charge in [0, 0.05) is 4.47 Å². The van der Waals surface area contributed by atoms with E-state index in [4.69, 9.17) is 4.74 Å². The van der Waals surface area contributed by atoms with Gasteiger partial charge in [0.1, 0.15) is 12.0 Å². The van der Waals surface area contributed by atoms with E-state index in [0.29, 0.717) is 15.8 Å². The molecular weight excluding hydrogens is 286 g/mol. The lowest BCUT2D eigenvalue weighted by molar-refractivity contribution is 0.0646. The van der Waals surface area contributed by atoms with Crippen LogP contribution in [-0.2, 0) is 0 Å². The number of aliphatic hydroxyl groups is 1.